The molecular weight excluding hydrogens is 361 g/mol. The van der Waals surface area contributed by atoms with Crippen molar-refractivity contribution in [2.75, 3.05) is 13.1 Å². The van der Waals surface area contributed by atoms with Crippen LogP contribution in [0.5, 0.6) is 0 Å². The van der Waals surface area contributed by atoms with Gasteiger partial charge in [0, 0.05) is 16.7 Å². The van der Waals surface area contributed by atoms with Crippen molar-refractivity contribution in [3.8, 4) is 0 Å². The second kappa shape index (κ2) is 5.88. The van der Waals surface area contributed by atoms with Crippen LogP contribution < -0.4 is 0 Å². The van der Waals surface area contributed by atoms with Gasteiger partial charge >= 0.3 is 0 Å². The van der Waals surface area contributed by atoms with E-state index in [9.17, 15) is 8.42 Å². The summed E-state index contributed by atoms with van der Waals surface area (Å²) in [5.74, 6) is 0.579. The Morgan fingerprint density at radius 2 is 1.89 bits per heavy atom. The fourth-order valence-electron chi connectivity index (χ4n) is 1.90. The zero-order chi connectivity index (χ0) is 13.2. The molecule has 1 saturated carbocycles. The zero-order valence-corrected chi connectivity index (χ0v) is 13.4. The van der Waals surface area contributed by atoms with Gasteiger partial charge in [-0.25, -0.2) is 8.42 Å². The Balaban J connectivity index is 2.22. The van der Waals surface area contributed by atoms with Gasteiger partial charge in [0.05, 0.1) is 4.90 Å². The minimum atomic E-state index is -3.31. The number of hydrogen-bond acceptors (Lipinski definition) is 2. The highest BCUT2D eigenvalue weighted by atomic mass is 127. The first-order valence-electron chi connectivity index (χ1n) is 6.29. The van der Waals surface area contributed by atoms with Gasteiger partial charge in [-0.1, -0.05) is 6.92 Å². The zero-order valence-electron chi connectivity index (χ0n) is 10.5. The third kappa shape index (κ3) is 3.45. The number of halogens is 1. The summed E-state index contributed by atoms with van der Waals surface area (Å²) in [7, 11) is -3.31. The summed E-state index contributed by atoms with van der Waals surface area (Å²) in [5.41, 5.74) is 0. The molecule has 0 radical (unpaired) electrons. The minimum absolute atomic E-state index is 0.414. The first-order valence-corrected chi connectivity index (χ1v) is 8.81. The molecule has 100 valence electrons. The van der Waals surface area contributed by atoms with Crippen molar-refractivity contribution in [1.82, 2.24) is 4.31 Å². The van der Waals surface area contributed by atoms with E-state index in [1.54, 1.807) is 16.4 Å². The molecule has 0 bridgehead atoms. The van der Waals surface area contributed by atoms with Crippen LogP contribution in [-0.4, -0.2) is 25.8 Å². The normalized spacial score (nSPS) is 16.2. The SMILES string of the molecule is CCCN(CC1CC1)S(=O)(=O)c1ccc(I)cc1. The summed E-state index contributed by atoms with van der Waals surface area (Å²) in [5, 5.41) is 0. The van der Waals surface area contributed by atoms with Crippen LogP contribution in [0.2, 0.25) is 0 Å². The highest BCUT2D eigenvalue weighted by Gasteiger charge is 2.30. The maximum absolute atomic E-state index is 12.5. The smallest absolute Gasteiger partial charge is 0.207 e. The maximum atomic E-state index is 12.5. The predicted molar refractivity (Wildman–Crippen MR) is 80.9 cm³/mol. The van der Waals surface area contributed by atoms with Gasteiger partial charge in [0.25, 0.3) is 0 Å². The van der Waals surface area contributed by atoms with Crippen molar-refractivity contribution < 1.29 is 8.42 Å². The molecule has 0 heterocycles. The number of hydrogen-bond donors (Lipinski definition) is 0. The highest BCUT2D eigenvalue weighted by Crippen LogP contribution is 2.31. The lowest BCUT2D eigenvalue weighted by atomic mass is 10.4. The van der Waals surface area contributed by atoms with Crippen LogP contribution in [0.15, 0.2) is 29.2 Å². The Bertz CT molecular complexity index is 494. The van der Waals surface area contributed by atoms with E-state index in [0.29, 0.717) is 23.9 Å². The molecule has 1 aliphatic carbocycles. The van der Waals surface area contributed by atoms with Crippen LogP contribution >= 0.6 is 22.6 Å². The molecule has 2 rings (SSSR count). The molecule has 18 heavy (non-hydrogen) atoms. The second-order valence-electron chi connectivity index (χ2n) is 4.76. The van der Waals surface area contributed by atoms with E-state index in [0.717, 1.165) is 9.99 Å². The van der Waals surface area contributed by atoms with Crippen molar-refractivity contribution in [2.45, 2.75) is 31.1 Å². The van der Waals surface area contributed by atoms with Crippen LogP contribution in [0.25, 0.3) is 0 Å². The number of nitrogens with zero attached hydrogens (tertiary/aromatic N) is 1. The van der Waals surface area contributed by atoms with Gasteiger partial charge in [0.2, 0.25) is 10.0 Å². The summed E-state index contributed by atoms with van der Waals surface area (Å²) in [4.78, 5) is 0.414. The van der Waals surface area contributed by atoms with Crippen molar-refractivity contribution >= 4 is 32.6 Å². The minimum Gasteiger partial charge on any atom is -0.207 e. The van der Waals surface area contributed by atoms with Gasteiger partial charge in [-0.2, -0.15) is 4.31 Å². The van der Waals surface area contributed by atoms with Crippen LogP contribution in [0, 0.1) is 9.49 Å². The molecule has 0 atom stereocenters. The third-order valence-corrected chi connectivity index (χ3v) is 5.68. The monoisotopic (exact) mass is 379 g/mol. The van der Waals surface area contributed by atoms with Crippen molar-refractivity contribution in [3.05, 3.63) is 27.8 Å². The average molecular weight is 379 g/mol. The summed E-state index contributed by atoms with van der Waals surface area (Å²) < 4.78 is 27.7. The lowest BCUT2D eigenvalue weighted by molar-refractivity contribution is 0.395. The summed E-state index contributed by atoms with van der Waals surface area (Å²) in [6.07, 6.45) is 3.20. The molecule has 1 aromatic rings. The standard InChI is InChI=1S/C13H18INO2S/c1-2-9-15(10-11-3-4-11)18(16,17)13-7-5-12(14)6-8-13/h5-8,11H,2-4,9-10H2,1H3. The van der Waals surface area contributed by atoms with Gasteiger partial charge in [0.15, 0.2) is 0 Å². The molecule has 0 aromatic heterocycles. The lowest BCUT2D eigenvalue weighted by Gasteiger charge is -2.21. The van der Waals surface area contributed by atoms with E-state index in [1.807, 2.05) is 19.1 Å². The molecule has 0 amide bonds. The van der Waals surface area contributed by atoms with E-state index >= 15 is 0 Å². The molecule has 1 aliphatic rings. The molecular formula is C13H18INO2S. The second-order valence-corrected chi connectivity index (χ2v) is 7.94. The maximum Gasteiger partial charge on any atom is 0.243 e. The van der Waals surface area contributed by atoms with E-state index in [2.05, 4.69) is 22.6 Å². The molecule has 0 N–H and O–H groups in total. The van der Waals surface area contributed by atoms with Gasteiger partial charge < -0.3 is 0 Å². The number of rotatable bonds is 6. The van der Waals surface area contributed by atoms with E-state index in [4.69, 9.17) is 0 Å². The van der Waals surface area contributed by atoms with Crippen molar-refractivity contribution in [2.24, 2.45) is 5.92 Å². The van der Waals surface area contributed by atoms with E-state index in [-0.39, 0.29) is 0 Å². The Morgan fingerprint density at radius 3 is 2.39 bits per heavy atom. The van der Waals surface area contributed by atoms with Crippen molar-refractivity contribution in [1.29, 1.82) is 0 Å². The van der Waals surface area contributed by atoms with Gasteiger partial charge in [0.1, 0.15) is 0 Å². The molecule has 3 nitrogen and oxygen atoms in total. The lowest BCUT2D eigenvalue weighted by Crippen LogP contribution is -2.33. The van der Waals surface area contributed by atoms with E-state index in [1.165, 1.54) is 12.8 Å². The van der Waals surface area contributed by atoms with Gasteiger partial charge in [-0.05, 0) is 72.0 Å². The summed E-state index contributed by atoms with van der Waals surface area (Å²) in [6.45, 7) is 3.32. The first-order chi connectivity index (χ1) is 8.54. The van der Waals surface area contributed by atoms with Crippen LogP contribution in [0.4, 0.5) is 0 Å². The Labute approximate surface area is 123 Å². The van der Waals surface area contributed by atoms with Gasteiger partial charge in [-0.3, -0.25) is 0 Å². The summed E-state index contributed by atoms with van der Waals surface area (Å²) in [6, 6.07) is 7.09. The molecule has 0 saturated heterocycles. The van der Waals surface area contributed by atoms with Crippen LogP contribution in [0.1, 0.15) is 26.2 Å². The summed E-state index contributed by atoms with van der Waals surface area (Å²) >= 11 is 2.18. The number of sulfonamides is 1. The van der Waals surface area contributed by atoms with Crippen LogP contribution in [-0.2, 0) is 10.0 Å². The first kappa shape index (κ1) is 14.3. The number of benzene rings is 1. The fourth-order valence-corrected chi connectivity index (χ4v) is 3.87. The molecule has 0 aliphatic heterocycles. The highest BCUT2D eigenvalue weighted by molar-refractivity contribution is 14.1. The quantitative estimate of drug-likeness (QED) is 0.713. The topological polar surface area (TPSA) is 37.4 Å². The molecule has 5 heteroatoms. The predicted octanol–water partition coefficient (Wildman–Crippen LogP) is 3.10. The third-order valence-electron chi connectivity index (χ3n) is 3.08. The average Bonchev–Trinajstić information content (AvgIpc) is 3.13. The molecule has 0 spiro atoms. The fraction of sp³-hybridized carbons (Fsp3) is 0.538. The van der Waals surface area contributed by atoms with Crippen LogP contribution in [0.3, 0.4) is 0 Å². The van der Waals surface area contributed by atoms with Gasteiger partial charge in [-0.15, -0.1) is 0 Å². The molecule has 1 fully saturated rings. The largest absolute Gasteiger partial charge is 0.243 e. The Hall–Kier alpha value is -0.140. The van der Waals surface area contributed by atoms with Crippen molar-refractivity contribution in [3.63, 3.8) is 0 Å². The Morgan fingerprint density at radius 1 is 1.28 bits per heavy atom. The molecule has 1 aromatic carbocycles. The Kier molecular flexibility index (Phi) is 4.66. The van der Waals surface area contributed by atoms with E-state index < -0.39 is 10.0 Å². The molecule has 0 unspecified atom stereocenters.